The van der Waals surface area contributed by atoms with Crippen LogP contribution < -0.4 is 14.8 Å². The summed E-state index contributed by atoms with van der Waals surface area (Å²) in [5.41, 5.74) is 1.82. The second kappa shape index (κ2) is 9.93. The van der Waals surface area contributed by atoms with Crippen molar-refractivity contribution in [2.75, 3.05) is 11.9 Å². The van der Waals surface area contributed by atoms with Gasteiger partial charge in [0.15, 0.2) is 11.5 Å². The number of hydrogen-bond donors (Lipinski definition) is 1. The summed E-state index contributed by atoms with van der Waals surface area (Å²) in [6, 6.07) is 16.1. The molecule has 0 aliphatic carbocycles. The Morgan fingerprint density at radius 1 is 1.10 bits per heavy atom. The van der Waals surface area contributed by atoms with Gasteiger partial charge in [0.1, 0.15) is 12.4 Å². The maximum Gasteiger partial charge on any atom is 0.271 e. The van der Waals surface area contributed by atoms with Crippen molar-refractivity contribution in [3.8, 4) is 11.5 Å². The van der Waals surface area contributed by atoms with E-state index in [-0.39, 0.29) is 18.1 Å². The number of non-ortho nitro benzene ring substituents is 1. The third-order valence-electron chi connectivity index (χ3n) is 4.25. The Balaban J connectivity index is 1.76. The number of rotatable bonds is 9. The highest BCUT2D eigenvalue weighted by atomic mass is 35.5. The molecule has 30 heavy (non-hydrogen) atoms. The predicted octanol–water partition coefficient (Wildman–Crippen LogP) is 5.98. The van der Waals surface area contributed by atoms with E-state index in [2.05, 4.69) is 5.32 Å². The van der Waals surface area contributed by atoms with Crippen LogP contribution in [0, 0.1) is 15.9 Å². The summed E-state index contributed by atoms with van der Waals surface area (Å²) in [5, 5.41) is 14.4. The zero-order valence-electron chi connectivity index (χ0n) is 16.2. The third-order valence-corrected chi connectivity index (χ3v) is 4.53. The quantitative estimate of drug-likeness (QED) is 0.334. The maximum atomic E-state index is 13.9. The Bertz CT molecular complexity index is 1050. The molecule has 3 aromatic rings. The first-order chi connectivity index (χ1) is 14.5. The summed E-state index contributed by atoms with van der Waals surface area (Å²) >= 11 is 6.41. The van der Waals surface area contributed by atoms with Gasteiger partial charge in [-0.15, -0.1) is 0 Å². The van der Waals surface area contributed by atoms with Crippen LogP contribution in [0.4, 0.5) is 15.8 Å². The van der Waals surface area contributed by atoms with E-state index in [9.17, 15) is 14.5 Å². The molecule has 0 saturated heterocycles. The van der Waals surface area contributed by atoms with Crippen LogP contribution in [-0.4, -0.2) is 11.5 Å². The molecule has 0 radical (unpaired) electrons. The van der Waals surface area contributed by atoms with E-state index in [1.807, 2.05) is 6.92 Å². The molecule has 0 saturated carbocycles. The first kappa shape index (κ1) is 21.4. The molecule has 6 nitrogen and oxygen atoms in total. The molecule has 3 rings (SSSR count). The molecule has 8 heteroatoms. The Kier molecular flexibility index (Phi) is 7.08. The topological polar surface area (TPSA) is 73.6 Å². The van der Waals surface area contributed by atoms with Gasteiger partial charge in [0, 0.05) is 29.9 Å². The van der Waals surface area contributed by atoms with Gasteiger partial charge in [0.25, 0.3) is 5.69 Å². The van der Waals surface area contributed by atoms with E-state index >= 15 is 0 Å². The minimum absolute atomic E-state index is 0.00456. The third kappa shape index (κ3) is 5.39. The second-order valence-electron chi connectivity index (χ2n) is 6.38. The standard InChI is InChI=1S/C22H20ClFN2O4/c1-2-29-21-11-15(13-25-17-7-5-8-18(12-17)26(27)28)10-19(23)22(21)30-14-16-6-3-4-9-20(16)24/h3-12,25H,2,13-14H2,1H3. The Morgan fingerprint density at radius 2 is 1.90 bits per heavy atom. The molecule has 0 fully saturated rings. The molecule has 0 unspecified atom stereocenters. The van der Waals surface area contributed by atoms with E-state index in [0.717, 1.165) is 5.56 Å². The molecule has 0 aliphatic rings. The summed E-state index contributed by atoms with van der Waals surface area (Å²) in [5.74, 6) is 0.419. The smallest absolute Gasteiger partial charge is 0.271 e. The van der Waals surface area contributed by atoms with Crippen molar-refractivity contribution >= 4 is 23.0 Å². The normalized spacial score (nSPS) is 10.5. The van der Waals surface area contributed by atoms with Crippen LogP contribution in [0.1, 0.15) is 18.1 Å². The van der Waals surface area contributed by atoms with Crippen molar-refractivity contribution in [1.82, 2.24) is 0 Å². The Morgan fingerprint density at radius 3 is 2.63 bits per heavy atom. The monoisotopic (exact) mass is 430 g/mol. The summed E-state index contributed by atoms with van der Waals surface area (Å²) < 4.78 is 25.3. The van der Waals surface area contributed by atoms with Crippen LogP contribution in [0.15, 0.2) is 60.7 Å². The summed E-state index contributed by atoms with van der Waals surface area (Å²) in [6.07, 6.45) is 0. The van der Waals surface area contributed by atoms with Crippen LogP contribution >= 0.6 is 11.6 Å². The van der Waals surface area contributed by atoms with Gasteiger partial charge in [-0.3, -0.25) is 10.1 Å². The molecule has 0 aromatic heterocycles. The fraction of sp³-hybridized carbons (Fsp3) is 0.182. The minimum atomic E-state index is -0.447. The van der Waals surface area contributed by atoms with Crippen molar-refractivity contribution in [2.24, 2.45) is 0 Å². The Hall–Kier alpha value is -3.32. The lowest BCUT2D eigenvalue weighted by molar-refractivity contribution is -0.384. The molecule has 0 heterocycles. The van der Waals surface area contributed by atoms with Crippen LogP contribution in [0.5, 0.6) is 11.5 Å². The molecule has 0 aliphatic heterocycles. The molecular weight excluding hydrogens is 411 g/mol. The predicted molar refractivity (Wildman–Crippen MR) is 114 cm³/mol. The number of nitrogens with one attached hydrogen (secondary N) is 1. The first-order valence-electron chi connectivity index (χ1n) is 9.27. The average molecular weight is 431 g/mol. The molecular formula is C22H20ClFN2O4. The molecule has 0 amide bonds. The van der Waals surface area contributed by atoms with E-state index in [4.69, 9.17) is 21.1 Å². The highest BCUT2D eigenvalue weighted by molar-refractivity contribution is 6.32. The fourth-order valence-electron chi connectivity index (χ4n) is 2.83. The van der Waals surface area contributed by atoms with E-state index in [0.29, 0.717) is 40.9 Å². The highest BCUT2D eigenvalue weighted by Crippen LogP contribution is 2.37. The Labute approximate surface area is 178 Å². The van der Waals surface area contributed by atoms with Crippen molar-refractivity contribution in [2.45, 2.75) is 20.1 Å². The minimum Gasteiger partial charge on any atom is -0.490 e. The largest absolute Gasteiger partial charge is 0.490 e. The first-order valence-corrected chi connectivity index (χ1v) is 9.65. The number of nitro benzene ring substituents is 1. The molecule has 0 bridgehead atoms. The lowest BCUT2D eigenvalue weighted by Gasteiger charge is -2.16. The summed E-state index contributed by atoms with van der Waals surface area (Å²) in [6.45, 7) is 2.61. The van der Waals surface area contributed by atoms with Gasteiger partial charge in [0.05, 0.1) is 16.6 Å². The molecule has 3 aromatic carbocycles. The number of nitro groups is 1. The fourth-order valence-corrected chi connectivity index (χ4v) is 3.11. The van der Waals surface area contributed by atoms with Gasteiger partial charge in [-0.2, -0.15) is 0 Å². The van der Waals surface area contributed by atoms with Gasteiger partial charge in [-0.05, 0) is 36.8 Å². The van der Waals surface area contributed by atoms with Crippen LogP contribution in [0.3, 0.4) is 0 Å². The molecule has 1 N–H and O–H groups in total. The van der Waals surface area contributed by atoms with Crippen molar-refractivity contribution in [3.05, 3.63) is 92.7 Å². The number of benzene rings is 3. The zero-order chi connectivity index (χ0) is 21.5. The van der Waals surface area contributed by atoms with Crippen molar-refractivity contribution in [1.29, 1.82) is 0 Å². The SMILES string of the molecule is CCOc1cc(CNc2cccc([N+](=O)[O-])c2)cc(Cl)c1OCc1ccccc1F. The summed E-state index contributed by atoms with van der Waals surface area (Å²) in [7, 11) is 0. The van der Waals surface area contributed by atoms with Gasteiger partial charge in [0.2, 0.25) is 0 Å². The lowest BCUT2D eigenvalue weighted by Crippen LogP contribution is -2.04. The van der Waals surface area contributed by atoms with Crippen LogP contribution in [0.25, 0.3) is 0 Å². The molecule has 0 atom stereocenters. The average Bonchev–Trinajstić information content (AvgIpc) is 2.73. The van der Waals surface area contributed by atoms with Crippen molar-refractivity contribution in [3.63, 3.8) is 0 Å². The summed E-state index contributed by atoms with van der Waals surface area (Å²) in [4.78, 5) is 10.5. The van der Waals surface area contributed by atoms with Crippen LogP contribution in [-0.2, 0) is 13.2 Å². The van der Waals surface area contributed by atoms with E-state index < -0.39 is 4.92 Å². The zero-order valence-corrected chi connectivity index (χ0v) is 17.0. The molecule has 0 spiro atoms. The second-order valence-corrected chi connectivity index (χ2v) is 6.79. The van der Waals surface area contributed by atoms with Crippen molar-refractivity contribution < 1.29 is 18.8 Å². The van der Waals surface area contributed by atoms with Gasteiger partial charge < -0.3 is 14.8 Å². The lowest BCUT2D eigenvalue weighted by atomic mass is 10.2. The van der Waals surface area contributed by atoms with Gasteiger partial charge in [-0.25, -0.2) is 4.39 Å². The number of hydrogen-bond acceptors (Lipinski definition) is 5. The molecule has 156 valence electrons. The van der Waals surface area contributed by atoms with Crippen LogP contribution in [0.2, 0.25) is 5.02 Å². The van der Waals surface area contributed by atoms with E-state index in [1.165, 1.54) is 18.2 Å². The number of nitrogens with zero attached hydrogens (tertiary/aromatic N) is 1. The number of anilines is 1. The number of halogens is 2. The maximum absolute atomic E-state index is 13.9. The van der Waals surface area contributed by atoms with Gasteiger partial charge >= 0.3 is 0 Å². The number of ether oxygens (including phenoxy) is 2. The van der Waals surface area contributed by atoms with E-state index in [1.54, 1.807) is 42.5 Å². The van der Waals surface area contributed by atoms with Gasteiger partial charge in [-0.1, -0.05) is 35.9 Å². The highest BCUT2D eigenvalue weighted by Gasteiger charge is 2.14.